The van der Waals surface area contributed by atoms with Crippen molar-refractivity contribution in [3.8, 4) is 0 Å². The molecule has 0 saturated carbocycles. The number of rotatable bonds is 2. The first-order chi connectivity index (χ1) is 11.6. The van der Waals surface area contributed by atoms with Gasteiger partial charge in [-0.2, -0.15) is 0 Å². The Hall–Kier alpha value is -1.33. The second-order valence-electron chi connectivity index (χ2n) is 6.98. The number of halogens is 1. The molecule has 0 bridgehead atoms. The van der Waals surface area contributed by atoms with Gasteiger partial charge < -0.3 is 9.72 Å². The molecule has 1 N–H and O–H groups in total. The number of hydrogen-bond donors (Lipinski definition) is 1. The fraction of sp³-hybridized carbons (Fsp3) is 0.526. The number of nitrogens with zero attached hydrogens (tertiary/aromatic N) is 1. The number of nitrogens with one attached hydrogen (secondary N) is 1. The molecule has 3 heterocycles. The molecule has 1 unspecified atom stereocenters. The van der Waals surface area contributed by atoms with Gasteiger partial charge in [0.25, 0.3) is 0 Å². The number of ether oxygens (including phenoxy) is 1. The molecule has 1 aromatic carbocycles. The molecule has 1 aromatic heterocycles. The number of carbonyl (C=O) groups excluding carboxylic acids is 1. The zero-order valence-corrected chi connectivity index (χ0v) is 15.7. The third-order valence-electron chi connectivity index (χ3n) is 5.45. The van der Waals surface area contributed by atoms with Gasteiger partial charge in [0.1, 0.15) is 0 Å². The van der Waals surface area contributed by atoms with E-state index in [1.165, 1.54) is 16.6 Å². The second-order valence-corrected chi connectivity index (χ2v) is 7.90. The highest BCUT2D eigenvalue weighted by molar-refractivity contribution is 9.10. The van der Waals surface area contributed by atoms with Crippen LogP contribution < -0.4 is 0 Å². The summed E-state index contributed by atoms with van der Waals surface area (Å²) in [7, 11) is 0. The van der Waals surface area contributed by atoms with E-state index in [0.717, 1.165) is 35.9 Å². The van der Waals surface area contributed by atoms with Crippen LogP contribution in [-0.2, 0) is 9.53 Å². The molecule has 2 aromatic rings. The highest BCUT2D eigenvalue weighted by Crippen LogP contribution is 2.46. The summed E-state index contributed by atoms with van der Waals surface area (Å²) in [6, 6.07) is 6.53. The number of benzene rings is 1. The lowest BCUT2D eigenvalue weighted by molar-refractivity contribution is -0.153. The maximum atomic E-state index is 12.5. The monoisotopic (exact) mass is 390 g/mol. The van der Waals surface area contributed by atoms with Crippen LogP contribution in [0.1, 0.15) is 49.9 Å². The van der Waals surface area contributed by atoms with Gasteiger partial charge in [0.2, 0.25) is 0 Å². The van der Waals surface area contributed by atoms with Crippen LogP contribution in [0.2, 0.25) is 0 Å². The van der Waals surface area contributed by atoms with Gasteiger partial charge in [0.05, 0.1) is 18.6 Å². The number of aromatic amines is 1. The molecule has 2 aliphatic heterocycles. The van der Waals surface area contributed by atoms with Crippen molar-refractivity contribution in [1.29, 1.82) is 0 Å². The molecular formula is C19H23BrN2O2. The first kappa shape index (κ1) is 16.2. The molecule has 4 rings (SSSR count). The van der Waals surface area contributed by atoms with Gasteiger partial charge in [0.15, 0.2) is 0 Å². The van der Waals surface area contributed by atoms with Crippen molar-refractivity contribution in [3.63, 3.8) is 0 Å². The minimum absolute atomic E-state index is 0.0486. The predicted octanol–water partition coefficient (Wildman–Crippen LogP) is 4.36. The van der Waals surface area contributed by atoms with Crippen LogP contribution in [0.3, 0.4) is 0 Å². The number of esters is 1. The summed E-state index contributed by atoms with van der Waals surface area (Å²) >= 11 is 3.56. The van der Waals surface area contributed by atoms with Crippen molar-refractivity contribution < 1.29 is 9.53 Å². The van der Waals surface area contributed by atoms with E-state index in [1.807, 2.05) is 6.92 Å². The zero-order valence-electron chi connectivity index (χ0n) is 14.1. The lowest BCUT2D eigenvalue weighted by Crippen LogP contribution is -2.46. The molecular weight excluding hydrogens is 368 g/mol. The number of piperidine rings is 1. The van der Waals surface area contributed by atoms with E-state index in [1.54, 1.807) is 0 Å². The average Bonchev–Trinajstić information content (AvgIpc) is 2.93. The maximum Gasteiger partial charge on any atom is 0.310 e. The first-order valence-corrected chi connectivity index (χ1v) is 9.61. The van der Waals surface area contributed by atoms with Crippen molar-refractivity contribution in [2.24, 2.45) is 5.92 Å². The Bertz CT molecular complexity index is 785. The summed E-state index contributed by atoms with van der Waals surface area (Å²) in [4.78, 5) is 18.7. The summed E-state index contributed by atoms with van der Waals surface area (Å²) in [5.41, 5.74) is 3.76. The number of aromatic nitrogens is 1. The van der Waals surface area contributed by atoms with Crippen molar-refractivity contribution in [2.75, 3.05) is 19.7 Å². The summed E-state index contributed by atoms with van der Waals surface area (Å²) in [5.74, 6) is 0.348. The quantitative estimate of drug-likeness (QED) is 0.774. The Labute approximate surface area is 150 Å². The molecule has 24 heavy (non-hydrogen) atoms. The van der Waals surface area contributed by atoms with Gasteiger partial charge >= 0.3 is 5.97 Å². The standard InChI is InChI=1S/C19H23BrN2O2/c1-3-24-19(23)14-5-4-8-22-10-11(2)16-13-7-6-12(20)9-15(13)21-17(16)18(14)22/h6-7,9,11,14,18,21H,3-5,8,10H2,1-2H3/t11?,14-,18-/m0/s1. The van der Waals surface area contributed by atoms with Crippen molar-refractivity contribution in [3.05, 3.63) is 33.9 Å². The van der Waals surface area contributed by atoms with E-state index in [9.17, 15) is 4.79 Å². The molecule has 0 amide bonds. The molecule has 3 atom stereocenters. The van der Waals surface area contributed by atoms with Crippen LogP contribution in [0.25, 0.3) is 10.9 Å². The van der Waals surface area contributed by atoms with Gasteiger partial charge in [-0.3, -0.25) is 9.69 Å². The topological polar surface area (TPSA) is 45.3 Å². The Morgan fingerprint density at radius 2 is 2.29 bits per heavy atom. The van der Waals surface area contributed by atoms with E-state index >= 15 is 0 Å². The Balaban J connectivity index is 1.84. The van der Waals surface area contributed by atoms with Crippen LogP contribution in [0.4, 0.5) is 0 Å². The van der Waals surface area contributed by atoms with Gasteiger partial charge in [-0.25, -0.2) is 0 Å². The van der Waals surface area contributed by atoms with Crippen molar-refractivity contribution in [1.82, 2.24) is 9.88 Å². The summed E-state index contributed by atoms with van der Waals surface area (Å²) in [5, 5.41) is 1.29. The largest absolute Gasteiger partial charge is 0.466 e. The van der Waals surface area contributed by atoms with E-state index in [-0.39, 0.29) is 17.9 Å². The van der Waals surface area contributed by atoms with Gasteiger partial charge in [-0.15, -0.1) is 0 Å². The third-order valence-corrected chi connectivity index (χ3v) is 5.95. The minimum Gasteiger partial charge on any atom is -0.466 e. The molecule has 0 radical (unpaired) electrons. The number of H-pyrrole nitrogens is 1. The Morgan fingerprint density at radius 3 is 3.08 bits per heavy atom. The summed E-state index contributed by atoms with van der Waals surface area (Å²) in [6.45, 7) is 6.69. The van der Waals surface area contributed by atoms with Gasteiger partial charge in [-0.05, 0) is 49.9 Å². The van der Waals surface area contributed by atoms with Crippen LogP contribution in [0.15, 0.2) is 22.7 Å². The second kappa shape index (κ2) is 6.19. The average molecular weight is 391 g/mol. The number of fused-ring (bicyclic) bond motifs is 5. The first-order valence-electron chi connectivity index (χ1n) is 8.81. The predicted molar refractivity (Wildman–Crippen MR) is 98.1 cm³/mol. The molecule has 128 valence electrons. The highest BCUT2D eigenvalue weighted by Gasteiger charge is 2.44. The smallest absolute Gasteiger partial charge is 0.310 e. The Kier molecular flexibility index (Phi) is 4.17. The van der Waals surface area contributed by atoms with Crippen LogP contribution in [0, 0.1) is 5.92 Å². The highest BCUT2D eigenvalue weighted by atomic mass is 79.9. The zero-order chi connectivity index (χ0) is 16.8. The summed E-state index contributed by atoms with van der Waals surface area (Å²) < 4.78 is 6.45. The van der Waals surface area contributed by atoms with E-state index in [4.69, 9.17) is 4.74 Å². The Morgan fingerprint density at radius 1 is 1.46 bits per heavy atom. The van der Waals surface area contributed by atoms with Crippen LogP contribution in [-0.4, -0.2) is 35.5 Å². The lowest BCUT2D eigenvalue weighted by Gasteiger charge is -2.45. The molecule has 1 saturated heterocycles. The SMILES string of the molecule is CCOC(=O)[C@H]1CCCN2CC(C)c3c([nH]c4cc(Br)ccc34)[C@H]12. The normalized spacial score (nSPS) is 26.9. The van der Waals surface area contributed by atoms with E-state index < -0.39 is 0 Å². The van der Waals surface area contributed by atoms with Crippen molar-refractivity contribution >= 4 is 32.8 Å². The van der Waals surface area contributed by atoms with E-state index in [2.05, 4.69) is 50.9 Å². The fourth-order valence-corrected chi connectivity index (χ4v) is 4.93. The molecule has 1 fully saturated rings. The molecule has 0 spiro atoms. The fourth-order valence-electron chi connectivity index (χ4n) is 4.57. The summed E-state index contributed by atoms with van der Waals surface area (Å²) in [6.07, 6.45) is 1.97. The number of hydrogen-bond acceptors (Lipinski definition) is 3. The molecule has 5 heteroatoms. The molecule has 0 aliphatic carbocycles. The molecule has 2 aliphatic rings. The lowest BCUT2D eigenvalue weighted by atomic mass is 9.79. The van der Waals surface area contributed by atoms with Crippen LogP contribution >= 0.6 is 15.9 Å². The number of carbonyl (C=O) groups is 1. The maximum absolute atomic E-state index is 12.5. The van der Waals surface area contributed by atoms with Crippen molar-refractivity contribution in [2.45, 2.75) is 38.6 Å². The molecule has 4 nitrogen and oxygen atoms in total. The van der Waals surface area contributed by atoms with Gasteiger partial charge in [-0.1, -0.05) is 28.9 Å². The van der Waals surface area contributed by atoms with E-state index in [0.29, 0.717) is 12.5 Å². The third kappa shape index (κ3) is 2.49. The minimum atomic E-state index is -0.0681. The van der Waals surface area contributed by atoms with Crippen LogP contribution in [0.5, 0.6) is 0 Å². The van der Waals surface area contributed by atoms with Gasteiger partial charge in [0, 0.05) is 27.6 Å².